The van der Waals surface area contributed by atoms with Gasteiger partial charge in [-0.1, -0.05) is 24.3 Å². The Balaban J connectivity index is 1.61. The van der Waals surface area contributed by atoms with Crippen LogP contribution in [0.5, 0.6) is 0 Å². The second kappa shape index (κ2) is 9.05. The van der Waals surface area contributed by atoms with Crippen LogP contribution in [-0.2, 0) is 13.1 Å². The zero-order chi connectivity index (χ0) is 18.4. The monoisotopic (exact) mass is 372 g/mol. The molecule has 3 rings (SSSR count). The number of para-hydroxylation sites is 1. The number of carbonyl (C=O) groups excluding carboxylic acids is 1. The second-order valence-corrected chi connectivity index (χ2v) is 7.70. The molecule has 0 bridgehead atoms. The van der Waals surface area contributed by atoms with Gasteiger partial charge in [0.25, 0.3) is 0 Å². The van der Waals surface area contributed by atoms with E-state index in [0.29, 0.717) is 19.6 Å². The van der Waals surface area contributed by atoms with Gasteiger partial charge in [-0.15, -0.1) is 11.3 Å². The van der Waals surface area contributed by atoms with Gasteiger partial charge in [-0.3, -0.25) is 0 Å². The molecule has 0 aliphatic carbocycles. The van der Waals surface area contributed by atoms with Crippen LogP contribution in [0.4, 0.5) is 10.5 Å². The molecule has 6 heteroatoms. The Labute approximate surface area is 160 Å². The summed E-state index contributed by atoms with van der Waals surface area (Å²) in [6.07, 6.45) is 0. The molecule has 1 aliphatic heterocycles. The molecule has 1 saturated heterocycles. The lowest BCUT2D eigenvalue weighted by molar-refractivity contribution is 0.198. The van der Waals surface area contributed by atoms with Crippen LogP contribution in [0.3, 0.4) is 0 Å². The molecule has 0 spiro atoms. The van der Waals surface area contributed by atoms with Crippen LogP contribution in [0.15, 0.2) is 41.8 Å². The first kappa shape index (κ1) is 18.7. The normalized spacial score (nSPS) is 15.1. The number of nitrogens with one attached hydrogen (secondary N) is 1. The number of hydrogen-bond donors (Lipinski definition) is 1. The summed E-state index contributed by atoms with van der Waals surface area (Å²) in [5, 5.41) is 5.15. The van der Waals surface area contributed by atoms with Crippen molar-refractivity contribution in [2.45, 2.75) is 20.0 Å². The number of urea groups is 1. The van der Waals surface area contributed by atoms with Crippen molar-refractivity contribution in [3.05, 3.63) is 52.2 Å². The predicted octanol–water partition coefficient (Wildman–Crippen LogP) is 3.23. The number of nitrogens with zero attached hydrogens (tertiary/aromatic N) is 3. The van der Waals surface area contributed by atoms with Gasteiger partial charge in [0.1, 0.15) is 0 Å². The molecule has 0 saturated carbocycles. The topological polar surface area (TPSA) is 38.8 Å². The Morgan fingerprint density at radius 3 is 2.62 bits per heavy atom. The average molecular weight is 373 g/mol. The zero-order valence-electron chi connectivity index (χ0n) is 15.6. The molecule has 1 aliphatic rings. The smallest absolute Gasteiger partial charge is 0.317 e. The summed E-state index contributed by atoms with van der Waals surface area (Å²) in [7, 11) is 2.16. The Bertz CT molecular complexity index is 696. The number of piperazine rings is 1. The third-order valence-corrected chi connectivity index (χ3v) is 5.72. The van der Waals surface area contributed by atoms with Crippen LogP contribution in [0.2, 0.25) is 0 Å². The van der Waals surface area contributed by atoms with Crippen molar-refractivity contribution in [3.63, 3.8) is 0 Å². The highest BCUT2D eigenvalue weighted by atomic mass is 32.1. The van der Waals surface area contributed by atoms with Gasteiger partial charge in [0.2, 0.25) is 0 Å². The number of amides is 2. The molecule has 1 N–H and O–H groups in total. The van der Waals surface area contributed by atoms with E-state index < -0.39 is 0 Å². The van der Waals surface area contributed by atoms with Crippen molar-refractivity contribution in [2.24, 2.45) is 0 Å². The molecule has 0 radical (unpaired) electrons. The van der Waals surface area contributed by atoms with Gasteiger partial charge in [-0.25, -0.2) is 4.79 Å². The first-order valence-corrected chi connectivity index (χ1v) is 10.1. The summed E-state index contributed by atoms with van der Waals surface area (Å²) in [4.78, 5) is 20.4. The Kier molecular flexibility index (Phi) is 6.52. The number of likely N-dealkylation sites (N-methyl/N-ethyl adjacent to an activating group) is 1. The molecule has 1 fully saturated rings. The largest absolute Gasteiger partial charge is 0.369 e. The maximum Gasteiger partial charge on any atom is 0.317 e. The minimum atomic E-state index is -0.00548. The van der Waals surface area contributed by atoms with Crippen LogP contribution in [-0.4, -0.2) is 55.6 Å². The van der Waals surface area contributed by atoms with Crippen molar-refractivity contribution in [3.8, 4) is 0 Å². The van der Waals surface area contributed by atoms with Crippen molar-refractivity contribution in [1.29, 1.82) is 0 Å². The van der Waals surface area contributed by atoms with E-state index in [1.54, 1.807) is 11.3 Å². The Morgan fingerprint density at radius 2 is 1.92 bits per heavy atom. The third-order valence-electron chi connectivity index (χ3n) is 4.86. The number of rotatable bonds is 6. The van der Waals surface area contributed by atoms with Crippen LogP contribution < -0.4 is 10.2 Å². The van der Waals surface area contributed by atoms with E-state index >= 15 is 0 Å². The molecular formula is C20H28N4OS. The summed E-state index contributed by atoms with van der Waals surface area (Å²) < 4.78 is 0. The number of hydrogen-bond acceptors (Lipinski definition) is 4. The molecule has 0 atom stereocenters. The molecular weight excluding hydrogens is 344 g/mol. The van der Waals surface area contributed by atoms with E-state index in [2.05, 4.69) is 46.4 Å². The minimum Gasteiger partial charge on any atom is -0.369 e. The average Bonchev–Trinajstić information content (AvgIpc) is 3.18. The maximum absolute atomic E-state index is 12.6. The van der Waals surface area contributed by atoms with Crippen LogP contribution in [0.25, 0.3) is 0 Å². The van der Waals surface area contributed by atoms with Crippen LogP contribution in [0, 0.1) is 0 Å². The lowest BCUT2D eigenvalue weighted by Crippen LogP contribution is -2.45. The fourth-order valence-electron chi connectivity index (χ4n) is 3.22. The minimum absolute atomic E-state index is 0.00548. The van der Waals surface area contributed by atoms with Gasteiger partial charge < -0.3 is 20.0 Å². The van der Waals surface area contributed by atoms with Crippen molar-refractivity contribution >= 4 is 23.1 Å². The Morgan fingerprint density at radius 1 is 1.15 bits per heavy atom. The summed E-state index contributed by atoms with van der Waals surface area (Å²) >= 11 is 1.69. The van der Waals surface area contributed by atoms with E-state index in [-0.39, 0.29) is 6.03 Å². The highest BCUT2D eigenvalue weighted by Gasteiger charge is 2.18. The summed E-state index contributed by atoms with van der Waals surface area (Å²) in [6.45, 7) is 8.15. The lowest BCUT2D eigenvalue weighted by atomic mass is 10.1. The highest BCUT2D eigenvalue weighted by molar-refractivity contribution is 7.09. The van der Waals surface area contributed by atoms with Gasteiger partial charge in [-0.2, -0.15) is 0 Å². The second-order valence-electron chi connectivity index (χ2n) is 6.67. The molecule has 5 nitrogen and oxygen atoms in total. The molecule has 2 aromatic rings. The fourth-order valence-corrected chi connectivity index (χ4v) is 3.94. The highest BCUT2D eigenvalue weighted by Crippen LogP contribution is 2.21. The van der Waals surface area contributed by atoms with Crippen molar-refractivity contribution in [2.75, 3.05) is 44.7 Å². The van der Waals surface area contributed by atoms with E-state index in [9.17, 15) is 4.79 Å². The molecule has 1 aromatic heterocycles. The Hall–Kier alpha value is -2.05. The number of anilines is 1. The third kappa shape index (κ3) is 4.77. The first-order chi connectivity index (χ1) is 12.7. The fraction of sp³-hybridized carbons (Fsp3) is 0.450. The molecule has 2 amide bonds. The predicted molar refractivity (Wildman–Crippen MR) is 109 cm³/mol. The number of thiophene rings is 1. The van der Waals surface area contributed by atoms with Crippen LogP contribution in [0.1, 0.15) is 17.4 Å². The first-order valence-electron chi connectivity index (χ1n) is 9.24. The molecule has 2 heterocycles. The van der Waals surface area contributed by atoms with Crippen molar-refractivity contribution < 1.29 is 4.79 Å². The molecule has 1 aromatic carbocycles. The molecule has 140 valence electrons. The van der Waals surface area contributed by atoms with Crippen molar-refractivity contribution in [1.82, 2.24) is 15.1 Å². The summed E-state index contributed by atoms with van der Waals surface area (Å²) in [6, 6.07) is 12.5. The van der Waals surface area contributed by atoms with E-state index in [1.807, 2.05) is 29.3 Å². The standard InChI is InChI=1S/C20H28N4OS/c1-3-23(16-18-8-6-14-26-18)20(25)21-15-17-7-4-5-9-19(17)24-12-10-22(2)11-13-24/h4-9,14H,3,10-13,15-16H2,1-2H3,(H,21,25). The lowest BCUT2D eigenvalue weighted by Gasteiger charge is -2.35. The quantitative estimate of drug-likeness (QED) is 0.846. The maximum atomic E-state index is 12.6. The SMILES string of the molecule is CCN(Cc1cccs1)C(=O)NCc1ccccc1N1CCN(C)CC1. The van der Waals surface area contributed by atoms with Gasteiger partial charge in [0, 0.05) is 49.8 Å². The van der Waals surface area contributed by atoms with E-state index in [1.165, 1.54) is 16.1 Å². The van der Waals surface area contributed by atoms with Gasteiger partial charge >= 0.3 is 6.03 Å². The van der Waals surface area contributed by atoms with Gasteiger partial charge in [0.15, 0.2) is 0 Å². The van der Waals surface area contributed by atoms with E-state index in [4.69, 9.17) is 0 Å². The molecule has 0 unspecified atom stereocenters. The van der Waals surface area contributed by atoms with Gasteiger partial charge in [0.05, 0.1) is 6.54 Å². The zero-order valence-corrected chi connectivity index (χ0v) is 16.5. The van der Waals surface area contributed by atoms with Crippen LogP contribution >= 0.6 is 11.3 Å². The number of carbonyl (C=O) groups is 1. The number of benzene rings is 1. The van der Waals surface area contributed by atoms with E-state index in [0.717, 1.165) is 26.2 Å². The summed E-state index contributed by atoms with van der Waals surface area (Å²) in [5.74, 6) is 0. The summed E-state index contributed by atoms with van der Waals surface area (Å²) in [5.41, 5.74) is 2.42. The molecule has 26 heavy (non-hydrogen) atoms. The van der Waals surface area contributed by atoms with Gasteiger partial charge in [-0.05, 0) is 37.0 Å².